The Bertz CT molecular complexity index is 672. The Morgan fingerprint density at radius 3 is 2.52 bits per heavy atom. The number of rotatable bonds is 9. The van der Waals surface area contributed by atoms with Crippen LogP contribution < -0.4 is 9.47 Å². The third kappa shape index (κ3) is 6.77. The molecule has 0 saturated heterocycles. The summed E-state index contributed by atoms with van der Waals surface area (Å²) in [6.07, 6.45) is -0.538. The zero-order valence-corrected chi connectivity index (χ0v) is 15.7. The van der Waals surface area contributed by atoms with Crippen LogP contribution in [0.5, 0.6) is 11.5 Å². The minimum absolute atomic E-state index is 0.285. The molecule has 4 nitrogen and oxygen atoms in total. The Labute approximate surface area is 151 Å². The van der Waals surface area contributed by atoms with E-state index in [0.717, 1.165) is 29.2 Å². The van der Waals surface area contributed by atoms with Gasteiger partial charge in [-0.3, -0.25) is 0 Å². The molecule has 0 amide bonds. The van der Waals surface area contributed by atoms with Crippen LogP contribution in [0, 0.1) is 20.8 Å². The maximum atomic E-state index is 10.2. The van der Waals surface area contributed by atoms with E-state index in [-0.39, 0.29) is 6.61 Å². The van der Waals surface area contributed by atoms with Crippen LogP contribution in [0.2, 0.25) is 0 Å². The predicted molar refractivity (Wildman–Crippen MR) is 102 cm³/mol. The lowest BCUT2D eigenvalue weighted by atomic mass is 10.1. The molecule has 25 heavy (non-hydrogen) atoms. The van der Waals surface area contributed by atoms with E-state index in [1.54, 1.807) is 0 Å². The topological polar surface area (TPSA) is 41.9 Å². The summed E-state index contributed by atoms with van der Waals surface area (Å²) in [5.74, 6) is 1.72. The number of nitrogens with zero attached hydrogens (tertiary/aromatic N) is 1. The highest BCUT2D eigenvalue weighted by atomic mass is 16.5. The van der Waals surface area contributed by atoms with Gasteiger partial charge in [0.2, 0.25) is 0 Å². The molecule has 2 aromatic carbocycles. The van der Waals surface area contributed by atoms with E-state index in [4.69, 9.17) is 9.47 Å². The third-order valence-corrected chi connectivity index (χ3v) is 4.03. The van der Waals surface area contributed by atoms with Crippen molar-refractivity contribution in [1.29, 1.82) is 0 Å². The van der Waals surface area contributed by atoms with Crippen LogP contribution in [0.4, 0.5) is 0 Å². The van der Waals surface area contributed by atoms with Crippen LogP contribution in [0.15, 0.2) is 42.5 Å². The van der Waals surface area contributed by atoms with Crippen LogP contribution in [-0.2, 0) is 0 Å². The molecule has 1 unspecified atom stereocenters. The molecule has 0 aromatic heterocycles. The fraction of sp³-hybridized carbons (Fsp3) is 0.429. The van der Waals surface area contributed by atoms with Gasteiger partial charge in [-0.1, -0.05) is 24.3 Å². The molecule has 1 atom stereocenters. The van der Waals surface area contributed by atoms with E-state index < -0.39 is 6.10 Å². The smallest absolute Gasteiger partial charge is 0.122 e. The third-order valence-electron chi connectivity index (χ3n) is 4.03. The number of hydrogen-bond donors (Lipinski definition) is 1. The summed E-state index contributed by atoms with van der Waals surface area (Å²) >= 11 is 0. The molecule has 0 bridgehead atoms. The van der Waals surface area contributed by atoms with Gasteiger partial charge in [0.25, 0.3) is 0 Å². The second kappa shape index (κ2) is 9.44. The van der Waals surface area contributed by atoms with E-state index in [9.17, 15) is 5.11 Å². The largest absolute Gasteiger partial charge is 0.492 e. The van der Waals surface area contributed by atoms with E-state index in [1.807, 2.05) is 69.1 Å². The minimum Gasteiger partial charge on any atom is -0.492 e. The summed E-state index contributed by atoms with van der Waals surface area (Å²) in [6, 6.07) is 14.1. The Hall–Kier alpha value is -2.04. The first-order valence-corrected chi connectivity index (χ1v) is 8.70. The molecule has 0 fully saturated rings. The molecule has 0 aliphatic heterocycles. The van der Waals surface area contributed by atoms with Gasteiger partial charge in [-0.05, 0) is 62.7 Å². The number of aliphatic hydroxyl groups is 1. The van der Waals surface area contributed by atoms with Crippen molar-refractivity contribution in [2.24, 2.45) is 0 Å². The number of benzene rings is 2. The molecule has 0 radical (unpaired) electrons. The highest BCUT2D eigenvalue weighted by molar-refractivity contribution is 5.36. The molecular weight excluding hydrogens is 314 g/mol. The first-order chi connectivity index (χ1) is 11.9. The van der Waals surface area contributed by atoms with Gasteiger partial charge in [0, 0.05) is 13.1 Å². The summed E-state index contributed by atoms with van der Waals surface area (Å²) in [4.78, 5) is 2.05. The van der Waals surface area contributed by atoms with Crippen molar-refractivity contribution in [3.63, 3.8) is 0 Å². The summed E-state index contributed by atoms with van der Waals surface area (Å²) in [5, 5.41) is 10.2. The Morgan fingerprint density at radius 2 is 1.76 bits per heavy atom. The SMILES string of the molecule is Cc1cccc(OCCN(C)CC(O)COc2cc(C)ccc2C)c1. The van der Waals surface area contributed by atoms with Gasteiger partial charge in [0.1, 0.15) is 30.8 Å². The fourth-order valence-corrected chi connectivity index (χ4v) is 2.58. The summed E-state index contributed by atoms with van der Waals surface area (Å²) in [7, 11) is 1.97. The molecule has 136 valence electrons. The lowest BCUT2D eigenvalue weighted by molar-refractivity contribution is 0.0720. The zero-order chi connectivity index (χ0) is 18.2. The fourth-order valence-electron chi connectivity index (χ4n) is 2.58. The summed E-state index contributed by atoms with van der Waals surface area (Å²) in [6.45, 7) is 8.25. The number of aliphatic hydroxyl groups excluding tert-OH is 1. The van der Waals surface area contributed by atoms with Crippen molar-refractivity contribution >= 4 is 0 Å². The lowest BCUT2D eigenvalue weighted by Crippen LogP contribution is -2.35. The van der Waals surface area contributed by atoms with Crippen LogP contribution >= 0.6 is 0 Å². The van der Waals surface area contributed by atoms with Crippen LogP contribution in [-0.4, -0.2) is 49.5 Å². The van der Waals surface area contributed by atoms with Gasteiger partial charge in [-0.2, -0.15) is 0 Å². The molecular formula is C21H29NO3. The van der Waals surface area contributed by atoms with Crippen molar-refractivity contribution in [3.8, 4) is 11.5 Å². The second-order valence-electron chi connectivity index (χ2n) is 6.66. The van der Waals surface area contributed by atoms with Crippen molar-refractivity contribution in [3.05, 3.63) is 59.2 Å². The normalized spacial score (nSPS) is 12.2. The van der Waals surface area contributed by atoms with Crippen LogP contribution in [0.3, 0.4) is 0 Å². The summed E-state index contributed by atoms with van der Waals surface area (Å²) < 4.78 is 11.5. The second-order valence-corrected chi connectivity index (χ2v) is 6.66. The van der Waals surface area contributed by atoms with Gasteiger partial charge in [0.05, 0.1) is 0 Å². The standard InChI is InChI=1S/C21H29NO3/c1-16-6-5-7-20(12-16)24-11-10-22(4)14-19(23)15-25-21-13-17(2)8-9-18(21)3/h5-9,12-13,19,23H,10-11,14-15H2,1-4H3. The van der Waals surface area contributed by atoms with Crippen molar-refractivity contribution < 1.29 is 14.6 Å². The van der Waals surface area contributed by atoms with Crippen LogP contribution in [0.25, 0.3) is 0 Å². The first-order valence-electron chi connectivity index (χ1n) is 8.70. The van der Waals surface area contributed by atoms with Gasteiger partial charge in [-0.25, -0.2) is 0 Å². The highest BCUT2D eigenvalue weighted by Gasteiger charge is 2.10. The number of aryl methyl sites for hydroxylation is 3. The van der Waals surface area contributed by atoms with Gasteiger partial charge < -0.3 is 19.5 Å². The molecule has 0 heterocycles. The summed E-state index contributed by atoms with van der Waals surface area (Å²) in [5.41, 5.74) is 3.42. The lowest BCUT2D eigenvalue weighted by Gasteiger charge is -2.21. The van der Waals surface area contributed by atoms with Crippen molar-refractivity contribution in [2.75, 3.05) is 33.4 Å². The first kappa shape index (κ1) is 19.3. The Balaban J connectivity index is 1.69. The minimum atomic E-state index is -0.538. The predicted octanol–water partition coefficient (Wildman–Crippen LogP) is 3.36. The molecule has 0 saturated carbocycles. The molecule has 1 N–H and O–H groups in total. The monoisotopic (exact) mass is 343 g/mol. The van der Waals surface area contributed by atoms with Gasteiger partial charge in [0.15, 0.2) is 0 Å². The molecule has 0 spiro atoms. The molecule has 4 heteroatoms. The van der Waals surface area contributed by atoms with E-state index in [1.165, 1.54) is 5.56 Å². The average molecular weight is 343 g/mol. The Kier molecular flexibility index (Phi) is 7.29. The van der Waals surface area contributed by atoms with Crippen molar-refractivity contribution in [1.82, 2.24) is 4.90 Å². The average Bonchev–Trinajstić information content (AvgIpc) is 2.56. The van der Waals surface area contributed by atoms with E-state index >= 15 is 0 Å². The maximum absolute atomic E-state index is 10.2. The van der Waals surface area contributed by atoms with E-state index in [2.05, 4.69) is 6.07 Å². The van der Waals surface area contributed by atoms with Gasteiger partial charge in [-0.15, -0.1) is 0 Å². The maximum Gasteiger partial charge on any atom is 0.122 e. The molecule has 2 aromatic rings. The number of likely N-dealkylation sites (N-methyl/N-ethyl adjacent to an activating group) is 1. The number of hydrogen-bond acceptors (Lipinski definition) is 4. The van der Waals surface area contributed by atoms with Crippen molar-refractivity contribution in [2.45, 2.75) is 26.9 Å². The highest BCUT2D eigenvalue weighted by Crippen LogP contribution is 2.19. The Morgan fingerprint density at radius 1 is 1.00 bits per heavy atom. The van der Waals surface area contributed by atoms with Crippen LogP contribution in [0.1, 0.15) is 16.7 Å². The number of ether oxygens (including phenoxy) is 2. The van der Waals surface area contributed by atoms with E-state index in [0.29, 0.717) is 13.2 Å². The zero-order valence-electron chi connectivity index (χ0n) is 15.7. The molecule has 0 aliphatic rings. The quantitative estimate of drug-likeness (QED) is 0.758. The molecule has 0 aliphatic carbocycles. The molecule has 2 rings (SSSR count). The van der Waals surface area contributed by atoms with Gasteiger partial charge >= 0.3 is 0 Å².